The first kappa shape index (κ1) is 13.7. The quantitative estimate of drug-likeness (QED) is 0.728. The summed E-state index contributed by atoms with van der Waals surface area (Å²) in [6.07, 6.45) is 5.17. The standard InChI is InChI=1S/C16H15N3OS/c1-11(2)20-15-6-4-3-5-12(15)16-19-14(10-21-16)13-9-17-7-8-18-13/h3-11H,1-2H3. The van der Waals surface area contributed by atoms with E-state index in [4.69, 9.17) is 4.74 Å². The van der Waals surface area contributed by atoms with E-state index in [2.05, 4.69) is 15.0 Å². The molecule has 0 atom stereocenters. The molecule has 21 heavy (non-hydrogen) atoms. The van der Waals surface area contributed by atoms with Crippen molar-refractivity contribution in [3.05, 3.63) is 48.2 Å². The predicted octanol–water partition coefficient (Wildman–Crippen LogP) is 4.05. The maximum Gasteiger partial charge on any atom is 0.129 e. The van der Waals surface area contributed by atoms with Crippen molar-refractivity contribution >= 4 is 11.3 Å². The number of thiazole rings is 1. The second-order valence-electron chi connectivity index (χ2n) is 4.79. The molecule has 2 heterocycles. The summed E-state index contributed by atoms with van der Waals surface area (Å²) in [5.74, 6) is 0.854. The maximum atomic E-state index is 5.85. The third kappa shape index (κ3) is 3.08. The zero-order chi connectivity index (χ0) is 14.7. The number of benzene rings is 1. The van der Waals surface area contributed by atoms with Gasteiger partial charge in [0, 0.05) is 17.8 Å². The first-order chi connectivity index (χ1) is 10.2. The topological polar surface area (TPSA) is 47.9 Å². The number of hydrogen-bond acceptors (Lipinski definition) is 5. The number of para-hydroxylation sites is 1. The Balaban J connectivity index is 1.97. The van der Waals surface area contributed by atoms with E-state index >= 15 is 0 Å². The van der Waals surface area contributed by atoms with Gasteiger partial charge in [-0.2, -0.15) is 0 Å². The van der Waals surface area contributed by atoms with E-state index in [0.29, 0.717) is 0 Å². The lowest BCUT2D eigenvalue weighted by Gasteiger charge is -2.12. The van der Waals surface area contributed by atoms with E-state index < -0.39 is 0 Å². The molecule has 4 nitrogen and oxygen atoms in total. The van der Waals surface area contributed by atoms with Crippen LogP contribution in [0.25, 0.3) is 22.0 Å². The number of hydrogen-bond donors (Lipinski definition) is 0. The van der Waals surface area contributed by atoms with Gasteiger partial charge in [0.05, 0.1) is 17.9 Å². The molecule has 0 amide bonds. The van der Waals surface area contributed by atoms with Crippen LogP contribution in [0.5, 0.6) is 5.75 Å². The zero-order valence-electron chi connectivity index (χ0n) is 11.9. The highest BCUT2D eigenvalue weighted by Gasteiger charge is 2.12. The summed E-state index contributed by atoms with van der Waals surface area (Å²) in [4.78, 5) is 13.0. The molecule has 0 bridgehead atoms. The van der Waals surface area contributed by atoms with E-state index in [9.17, 15) is 0 Å². The van der Waals surface area contributed by atoms with Crippen molar-refractivity contribution in [1.82, 2.24) is 15.0 Å². The van der Waals surface area contributed by atoms with E-state index in [0.717, 1.165) is 27.7 Å². The van der Waals surface area contributed by atoms with Gasteiger partial charge in [-0.05, 0) is 26.0 Å². The second-order valence-corrected chi connectivity index (χ2v) is 5.65. The van der Waals surface area contributed by atoms with Crippen LogP contribution in [-0.4, -0.2) is 21.1 Å². The summed E-state index contributed by atoms with van der Waals surface area (Å²) in [5.41, 5.74) is 2.62. The van der Waals surface area contributed by atoms with Crippen LogP contribution in [0.4, 0.5) is 0 Å². The minimum Gasteiger partial charge on any atom is -0.490 e. The van der Waals surface area contributed by atoms with Crippen LogP contribution < -0.4 is 4.74 Å². The van der Waals surface area contributed by atoms with Gasteiger partial charge in [0.1, 0.15) is 22.1 Å². The maximum absolute atomic E-state index is 5.85. The first-order valence-electron chi connectivity index (χ1n) is 6.72. The Bertz CT molecular complexity index is 725. The molecule has 3 rings (SSSR count). The van der Waals surface area contributed by atoms with E-state index in [1.54, 1.807) is 29.9 Å². The molecule has 0 aliphatic rings. The Hall–Kier alpha value is -2.27. The highest BCUT2D eigenvalue weighted by Crippen LogP contribution is 2.34. The summed E-state index contributed by atoms with van der Waals surface area (Å²) >= 11 is 1.58. The molecule has 2 aromatic heterocycles. The van der Waals surface area contributed by atoms with Crippen LogP contribution in [0.2, 0.25) is 0 Å². The molecule has 0 radical (unpaired) electrons. The third-order valence-corrected chi connectivity index (χ3v) is 3.69. The largest absolute Gasteiger partial charge is 0.490 e. The van der Waals surface area contributed by atoms with Gasteiger partial charge >= 0.3 is 0 Å². The summed E-state index contributed by atoms with van der Waals surface area (Å²) < 4.78 is 5.85. The van der Waals surface area contributed by atoms with E-state index in [-0.39, 0.29) is 6.10 Å². The molecule has 0 unspecified atom stereocenters. The average molecular weight is 297 g/mol. The fraction of sp³-hybridized carbons (Fsp3) is 0.188. The van der Waals surface area contributed by atoms with Crippen molar-refractivity contribution in [1.29, 1.82) is 0 Å². The normalized spacial score (nSPS) is 10.8. The fourth-order valence-electron chi connectivity index (χ4n) is 1.95. The van der Waals surface area contributed by atoms with Crippen LogP contribution in [0.3, 0.4) is 0 Å². The van der Waals surface area contributed by atoms with Gasteiger partial charge in [0.25, 0.3) is 0 Å². The molecule has 0 spiro atoms. The van der Waals surface area contributed by atoms with Crippen LogP contribution in [-0.2, 0) is 0 Å². The van der Waals surface area contributed by atoms with Gasteiger partial charge in [0.15, 0.2) is 0 Å². The summed E-state index contributed by atoms with van der Waals surface area (Å²) in [6, 6.07) is 7.96. The third-order valence-electron chi connectivity index (χ3n) is 2.81. The number of aromatic nitrogens is 3. The van der Waals surface area contributed by atoms with Crippen LogP contribution in [0, 0.1) is 0 Å². The van der Waals surface area contributed by atoms with Crippen molar-refractivity contribution in [3.63, 3.8) is 0 Å². The van der Waals surface area contributed by atoms with Crippen LogP contribution in [0.1, 0.15) is 13.8 Å². The second kappa shape index (κ2) is 6.01. The molecule has 3 aromatic rings. The molecular formula is C16H15N3OS. The molecule has 1 aromatic carbocycles. The lowest BCUT2D eigenvalue weighted by Crippen LogP contribution is -2.06. The molecule has 5 heteroatoms. The molecule has 0 fully saturated rings. The van der Waals surface area contributed by atoms with E-state index in [1.165, 1.54) is 0 Å². The molecule has 0 N–H and O–H groups in total. The minimum atomic E-state index is 0.130. The van der Waals surface area contributed by atoms with Gasteiger partial charge in [-0.25, -0.2) is 4.98 Å². The lowest BCUT2D eigenvalue weighted by molar-refractivity contribution is 0.243. The Morgan fingerprint density at radius 2 is 1.95 bits per heavy atom. The molecule has 0 aliphatic heterocycles. The van der Waals surface area contributed by atoms with Gasteiger partial charge in [-0.15, -0.1) is 11.3 Å². The lowest BCUT2D eigenvalue weighted by atomic mass is 10.2. The van der Waals surface area contributed by atoms with Crippen molar-refractivity contribution in [3.8, 4) is 27.7 Å². The zero-order valence-corrected chi connectivity index (χ0v) is 12.7. The smallest absolute Gasteiger partial charge is 0.129 e. The van der Waals surface area contributed by atoms with Gasteiger partial charge < -0.3 is 4.74 Å². The average Bonchev–Trinajstić information content (AvgIpc) is 2.98. The number of ether oxygens (including phenoxy) is 1. The van der Waals surface area contributed by atoms with Crippen molar-refractivity contribution in [2.24, 2.45) is 0 Å². The van der Waals surface area contributed by atoms with Crippen molar-refractivity contribution in [2.45, 2.75) is 20.0 Å². The SMILES string of the molecule is CC(C)Oc1ccccc1-c1nc(-c2cnccn2)cs1. The fourth-order valence-corrected chi connectivity index (χ4v) is 2.79. The Morgan fingerprint density at radius 1 is 1.10 bits per heavy atom. The molecule has 0 saturated carbocycles. The number of nitrogens with zero attached hydrogens (tertiary/aromatic N) is 3. The van der Waals surface area contributed by atoms with Crippen LogP contribution in [0.15, 0.2) is 48.2 Å². The highest BCUT2D eigenvalue weighted by atomic mass is 32.1. The Morgan fingerprint density at radius 3 is 2.71 bits per heavy atom. The number of rotatable bonds is 4. The first-order valence-corrected chi connectivity index (χ1v) is 7.60. The Kier molecular flexibility index (Phi) is 3.92. The molecule has 106 valence electrons. The monoisotopic (exact) mass is 297 g/mol. The van der Waals surface area contributed by atoms with Gasteiger partial charge in [-0.1, -0.05) is 12.1 Å². The minimum absolute atomic E-state index is 0.130. The summed E-state index contributed by atoms with van der Waals surface area (Å²) in [7, 11) is 0. The summed E-state index contributed by atoms with van der Waals surface area (Å²) in [5, 5.41) is 2.91. The van der Waals surface area contributed by atoms with Crippen molar-refractivity contribution in [2.75, 3.05) is 0 Å². The molecule has 0 aliphatic carbocycles. The van der Waals surface area contributed by atoms with Gasteiger partial charge in [0.2, 0.25) is 0 Å². The molecular weight excluding hydrogens is 282 g/mol. The molecule has 0 saturated heterocycles. The van der Waals surface area contributed by atoms with E-state index in [1.807, 2.05) is 43.5 Å². The van der Waals surface area contributed by atoms with Crippen molar-refractivity contribution < 1.29 is 4.74 Å². The Labute approximate surface area is 127 Å². The summed E-state index contributed by atoms with van der Waals surface area (Å²) in [6.45, 7) is 4.03. The van der Waals surface area contributed by atoms with Crippen LogP contribution >= 0.6 is 11.3 Å². The van der Waals surface area contributed by atoms with Gasteiger partial charge in [-0.3, -0.25) is 9.97 Å². The predicted molar refractivity (Wildman–Crippen MR) is 84.3 cm³/mol. The highest BCUT2D eigenvalue weighted by molar-refractivity contribution is 7.13.